The SMILES string of the molecule is NCC(CO)(CCC1CCCO1)C1CC1. The van der Waals surface area contributed by atoms with Crippen LogP contribution in [0.1, 0.15) is 38.5 Å². The first kappa shape index (κ1) is 11.4. The zero-order chi connectivity index (χ0) is 10.7. The van der Waals surface area contributed by atoms with Crippen LogP contribution in [0.2, 0.25) is 0 Å². The number of nitrogens with two attached hydrogens (primary N) is 1. The van der Waals surface area contributed by atoms with Crippen LogP contribution >= 0.6 is 0 Å². The Morgan fingerprint density at radius 1 is 1.33 bits per heavy atom. The summed E-state index contributed by atoms with van der Waals surface area (Å²) in [5, 5.41) is 9.54. The van der Waals surface area contributed by atoms with Crippen molar-refractivity contribution in [3.63, 3.8) is 0 Å². The highest BCUT2D eigenvalue weighted by molar-refractivity contribution is 4.95. The molecule has 2 rings (SSSR count). The summed E-state index contributed by atoms with van der Waals surface area (Å²) >= 11 is 0. The van der Waals surface area contributed by atoms with Crippen molar-refractivity contribution in [2.24, 2.45) is 17.1 Å². The lowest BCUT2D eigenvalue weighted by Gasteiger charge is -2.31. The van der Waals surface area contributed by atoms with Gasteiger partial charge in [-0.3, -0.25) is 0 Å². The van der Waals surface area contributed by atoms with Crippen LogP contribution in [0.5, 0.6) is 0 Å². The van der Waals surface area contributed by atoms with Crippen LogP contribution in [0.4, 0.5) is 0 Å². The van der Waals surface area contributed by atoms with Crippen molar-refractivity contribution in [1.82, 2.24) is 0 Å². The predicted molar refractivity (Wildman–Crippen MR) is 59.5 cm³/mol. The Labute approximate surface area is 92.0 Å². The molecule has 1 saturated heterocycles. The molecule has 0 aromatic carbocycles. The molecule has 88 valence electrons. The van der Waals surface area contributed by atoms with Crippen molar-refractivity contribution in [2.45, 2.75) is 44.6 Å². The Morgan fingerprint density at radius 3 is 2.60 bits per heavy atom. The third-order valence-corrected chi connectivity index (χ3v) is 4.15. The minimum absolute atomic E-state index is 0.00590. The van der Waals surface area contributed by atoms with Crippen LogP contribution < -0.4 is 5.73 Å². The molecule has 15 heavy (non-hydrogen) atoms. The summed E-state index contributed by atoms with van der Waals surface area (Å²) in [6, 6.07) is 0. The van der Waals surface area contributed by atoms with Crippen LogP contribution in [0, 0.1) is 11.3 Å². The molecule has 2 aliphatic rings. The summed E-state index contributed by atoms with van der Waals surface area (Å²) in [4.78, 5) is 0. The molecule has 0 bridgehead atoms. The molecular weight excluding hydrogens is 190 g/mol. The Balaban J connectivity index is 1.82. The summed E-state index contributed by atoms with van der Waals surface area (Å²) in [6.07, 6.45) is 7.44. The van der Waals surface area contributed by atoms with Crippen molar-refractivity contribution in [2.75, 3.05) is 19.8 Å². The summed E-state index contributed by atoms with van der Waals surface area (Å²) in [6.45, 7) is 1.80. The lowest BCUT2D eigenvalue weighted by atomic mass is 9.78. The topological polar surface area (TPSA) is 55.5 Å². The van der Waals surface area contributed by atoms with Crippen molar-refractivity contribution < 1.29 is 9.84 Å². The van der Waals surface area contributed by atoms with Gasteiger partial charge in [-0.05, 0) is 44.4 Å². The molecule has 1 aliphatic heterocycles. The standard InChI is InChI=1S/C12H23NO2/c13-8-12(9-14,10-3-4-10)6-5-11-2-1-7-15-11/h10-11,14H,1-9,13H2. The van der Waals surface area contributed by atoms with Gasteiger partial charge >= 0.3 is 0 Å². The molecular formula is C12H23NO2. The second-order valence-electron chi connectivity index (χ2n) is 5.17. The van der Waals surface area contributed by atoms with E-state index in [2.05, 4.69) is 0 Å². The van der Waals surface area contributed by atoms with Gasteiger partial charge in [0.2, 0.25) is 0 Å². The lowest BCUT2D eigenvalue weighted by molar-refractivity contribution is 0.0570. The molecule has 3 nitrogen and oxygen atoms in total. The minimum atomic E-state index is 0.00590. The van der Waals surface area contributed by atoms with Gasteiger partial charge in [-0.2, -0.15) is 0 Å². The van der Waals surface area contributed by atoms with Gasteiger partial charge in [-0.25, -0.2) is 0 Å². The highest BCUT2D eigenvalue weighted by Crippen LogP contribution is 2.48. The highest BCUT2D eigenvalue weighted by atomic mass is 16.5. The Kier molecular flexibility index (Phi) is 3.65. The summed E-state index contributed by atoms with van der Waals surface area (Å²) in [5.74, 6) is 0.675. The van der Waals surface area contributed by atoms with Crippen LogP contribution in [0.15, 0.2) is 0 Å². The highest BCUT2D eigenvalue weighted by Gasteiger charge is 2.43. The molecule has 0 radical (unpaired) electrons. The first-order chi connectivity index (χ1) is 7.30. The van der Waals surface area contributed by atoms with E-state index in [1.807, 2.05) is 0 Å². The fraction of sp³-hybridized carbons (Fsp3) is 1.00. The van der Waals surface area contributed by atoms with E-state index in [0.29, 0.717) is 18.6 Å². The zero-order valence-electron chi connectivity index (χ0n) is 9.45. The fourth-order valence-corrected chi connectivity index (χ4v) is 2.76. The van der Waals surface area contributed by atoms with Gasteiger partial charge < -0.3 is 15.6 Å². The van der Waals surface area contributed by atoms with E-state index < -0.39 is 0 Å². The molecule has 0 aromatic heterocycles. The second-order valence-corrected chi connectivity index (χ2v) is 5.17. The molecule has 1 saturated carbocycles. The van der Waals surface area contributed by atoms with E-state index in [0.717, 1.165) is 19.4 Å². The van der Waals surface area contributed by atoms with Crippen molar-refractivity contribution in [3.8, 4) is 0 Å². The Hall–Kier alpha value is -0.120. The maximum atomic E-state index is 9.54. The van der Waals surface area contributed by atoms with Gasteiger partial charge in [-0.1, -0.05) is 0 Å². The first-order valence-corrected chi connectivity index (χ1v) is 6.23. The van der Waals surface area contributed by atoms with Gasteiger partial charge in [-0.15, -0.1) is 0 Å². The van der Waals surface area contributed by atoms with Gasteiger partial charge in [0, 0.05) is 18.6 Å². The largest absolute Gasteiger partial charge is 0.396 e. The molecule has 0 amide bonds. The van der Waals surface area contributed by atoms with E-state index in [1.165, 1.54) is 25.7 Å². The number of ether oxygens (including phenoxy) is 1. The number of aliphatic hydroxyl groups is 1. The Morgan fingerprint density at radius 2 is 2.13 bits per heavy atom. The van der Waals surface area contributed by atoms with Crippen LogP contribution in [0.25, 0.3) is 0 Å². The summed E-state index contributed by atoms with van der Waals surface area (Å²) in [5.41, 5.74) is 5.85. The number of rotatable bonds is 6. The van der Waals surface area contributed by atoms with Crippen molar-refractivity contribution in [3.05, 3.63) is 0 Å². The summed E-state index contributed by atoms with van der Waals surface area (Å²) < 4.78 is 5.62. The van der Waals surface area contributed by atoms with Crippen LogP contribution in [-0.4, -0.2) is 31.0 Å². The van der Waals surface area contributed by atoms with E-state index in [9.17, 15) is 5.11 Å². The normalized spacial score (nSPS) is 30.4. The number of hydrogen-bond acceptors (Lipinski definition) is 3. The quantitative estimate of drug-likeness (QED) is 0.699. The zero-order valence-corrected chi connectivity index (χ0v) is 9.45. The van der Waals surface area contributed by atoms with Gasteiger partial charge in [0.15, 0.2) is 0 Å². The van der Waals surface area contributed by atoms with Crippen molar-refractivity contribution >= 4 is 0 Å². The molecule has 3 N–H and O–H groups in total. The molecule has 2 atom stereocenters. The molecule has 0 aromatic rings. The van der Waals surface area contributed by atoms with Gasteiger partial charge in [0.05, 0.1) is 12.7 Å². The number of hydrogen-bond donors (Lipinski definition) is 2. The van der Waals surface area contributed by atoms with E-state index in [-0.39, 0.29) is 12.0 Å². The third-order valence-electron chi connectivity index (χ3n) is 4.15. The smallest absolute Gasteiger partial charge is 0.0576 e. The fourth-order valence-electron chi connectivity index (χ4n) is 2.76. The Bertz CT molecular complexity index is 194. The third kappa shape index (κ3) is 2.52. The number of aliphatic hydroxyl groups excluding tert-OH is 1. The van der Waals surface area contributed by atoms with Gasteiger partial charge in [0.25, 0.3) is 0 Å². The minimum Gasteiger partial charge on any atom is -0.396 e. The van der Waals surface area contributed by atoms with Crippen molar-refractivity contribution in [1.29, 1.82) is 0 Å². The van der Waals surface area contributed by atoms with Crippen LogP contribution in [0.3, 0.4) is 0 Å². The molecule has 3 heteroatoms. The molecule has 2 unspecified atom stereocenters. The van der Waals surface area contributed by atoms with Crippen LogP contribution in [-0.2, 0) is 4.74 Å². The second kappa shape index (κ2) is 4.81. The monoisotopic (exact) mass is 213 g/mol. The molecule has 1 heterocycles. The average molecular weight is 213 g/mol. The van der Waals surface area contributed by atoms with E-state index >= 15 is 0 Å². The maximum Gasteiger partial charge on any atom is 0.0576 e. The predicted octanol–water partition coefficient (Wildman–Crippen LogP) is 1.29. The van der Waals surface area contributed by atoms with E-state index in [1.54, 1.807) is 0 Å². The van der Waals surface area contributed by atoms with Gasteiger partial charge in [0.1, 0.15) is 0 Å². The maximum absolute atomic E-state index is 9.54. The summed E-state index contributed by atoms with van der Waals surface area (Å²) in [7, 11) is 0. The first-order valence-electron chi connectivity index (χ1n) is 6.23. The lowest BCUT2D eigenvalue weighted by Crippen LogP contribution is -2.37. The molecule has 1 aliphatic carbocycles. The molecule has 2 fully saturated rings. The van der Waals surface area contributed by atoms with E-state index in [4.69, 9.17) is 10.5 Å². The average Bonchev–Trinajstić information content (AvgIpc) is 2.99. The molecule has 0 spiro atoms.